The topological polar surface area (TPSA) is 72.9 Å². The molecule has 1 amide bonds. The van der Waals surface area contributed by atoms with Crippen molar-refractivity contribution in [2.24, 2.45) is 0 Å². The van der Waals surface area contributed by atoms with Crippen LogP contribution < -0.4 is 14.8 Å². The van der Waals surface area contributed by atoms with Gasteiger partial charge in [-0.15, -0.1) is 0 Å². The SMILES string of the molecule is CC(C)(C)OC(=O)N1CC[C@H](NCc2cc3c(cn2)OCCO3)C1. The third kappa shape index (κ3) is 4.29. The summed E-state index contributed by atoms with van der Waals surface area (Å²) in [6, 6.07) is 2.15. The molecule has 0 aromatic carbocycles. The van der Waals surface area contributed by atoms with Crippen molar-refractivity contribution in [2.75, 3.05) is 26.3 Å². The first-order chi connectivity index (χ1) is 11.4. The average Bonchev–Trinajstić information content (AvgIpc) is 3.00. The summed E-state index contributed by atoms with van der Waals surface area (Å²) in [6.45, 7) is 8.76. The monoisotopic (exact) mass is 335 g/mol. The van der Waals surface area contributed by atoms with E-state index in [1.54, 1.807) is 11.1 Å². The summed E-state index contributed by atoms with van der Waals surface area (Å²) in [5, 5.41) is 3.44. The number of pyridine rings is 1. The van der Waals surface area contributed by atoms with Gasteiger partial charge in [-0.25, -0.2) is 4.79 Å². The van der Waals surface area contributed by atoms with E-state index in [2.05, 4.69) is 10.3 Å². The van der Waals surface area contributed by atoms with E-state index in [9.17, 15) is 4.79 Å². The highest BCUT2D eigenvalue weighted by atomic mass is 16.6. The van der Waals surface area contributed by atoms with E-state index >= 15 is 0 Å². The number of amides is 1. The Morgan fingerprint density at radius 3 is 2.88 bits per heavy atom. The third-order valence-electron chi connectivity index (χ3n) is 3.90. The molecular formula is C17H25N3O4. The summed E-state index contributed by atoms with van der Waals surface area (Å²) < 4.78 is 16.5. The number of carbonyl (C=O) groups is 1. The predicted octanol–water partition coefficient (Wildman–Crippen LogP) is 1.95. The fourth-order valence-corrected chi connectivity index (χ4v) is 2.75. The maximum absolute atomic E-state index is 12.1. The molecule has 0 bridgehead atoms. The Balaban J connectivity index is 1.49. The first-order valence-electron chi connectivity index (χ1n) is 8.36. The van der Waals surface area contributed by atoms with Gasteiger partial charge in [0.1, 0.15) is 18.8 Å². The number of ether oxygens (including phenoxy) is 3. The molecule has 0 radical (unpaired) electrons. The number of fused-ring (bicyclic) bond motifs is 1. The van der Waals surface area contributed by atoms with Crippen LogP contribution in [-0.2, 0) is 11.3 Å². The van der Waals surface area contributed by atoms with Crippen LogP contribution in [0.1, 0.15) is 32.9 Å². The minimum Gasteiger partial charge on any atom is -0.486 e. The molecular weight excluding hydrogens is 310 g/mol. The second kappa shape index (κ2) is 6.84. The Kier molecular flexibility index (Phi) is 4.80. The molecule has 0 aliphatic carbocycles. The van der Waals surface area contributed by atoms with Crippen LogP contribution in [0.3, 0.4) is 0 Å². The van der Waals surface area contributed by atoms with Gasteiger partial charge in [0.25, 0.3) is 0 Å². The van der Waals surface area contributed by atoms with Crippen LogP contribution in [0.25, 0.3) is 0 Å². The van der Waals surface area contributed by atoms with Crippen molar-refractivity contribution in [1.82, 2.24) is 15.2 Å². The predicted molar refractivity (Wildman–Crippen MR) is 88.3 cm³/mol. The van der Waals surface area contributed by atoms with E-state index in [0.717, 1.165) is 17.9 Å². The van der Waals surface area contributed by atoms with Gasteiger partial charge < -0.3 is 24.4 Å². The number of rotatable bonds is 3. The number of carbonyl (C=O) groups excluding carboxylic acids is 1. The van der Waals surface area contributed by atoms with Gasteiger partial charge in [-0.05, 0) is 27.2 Å². The molecule has 1 aromatic rings. The minimum atomic E-state index is -0.461. The Morgan fingerprint density at radius 1 is 1.38 bits per heavy atom. The van der Waals surface area contributed by atoms with Crippen molar-refractivity contribution >= 4 is 6.09 Å². The van der Waals surface area contributed by atoms with Crippen molar-refractivity contribution in [3.05, 3.63) is 18.0 Å². The first kappa shape index (κ1) is 16.8. The Hall–Kier alpha value is -2.02. The van der Waals surface area contributed by atoms with Crippen molar-refractivity contribution in [1.29, 1.82) is 0 Å². The Bertz CT molecular complexity index is 600. The number of hydrogen-bond acceptors (Lipinski definition) is 6. The van der Waals surface area contributed by atoms with Crippen LogP contribution in [0.4, 0.5) is 4.79 Å². The lowest BCUT2D eigenvalue weighted by molar-refractivity contribution is 0.0291. The molecule has 1 saturated heterocycles. The second-order valence-corrected chi connectivity index (χ2v) is 7.11. The molecule has 0 unspecified atom stereocenters. The van der Waals surface area contributed by atoms with Gasteiger partial charge in [0, 0.05) is 31.7 Å². The summed E-state index contributed by atoms with van der Waals surface area (Å²) in [7, 11) is 0. The van der Waals surface area contributed by atoms with E-state index < -0.39 is 5.60 Å². The van der Waals surface area contributed by atoms with Gasteiger partial charge in [-0.2, -0.15) is 0 Å². The molecule has 24 heavy (non-hydrogen) atoms. The number of aromatic nitrogens is 1. The molecule has 2 aliphatic heterocycles. The Morgan fingerprint density at radius 2 is 2.12 bits per heavy atom. The number of hydrogen-bond donors (Lipinski definition) is 1. The second-order valence-electron chi connectivity index (χ2n) is 7.11. The van der Waals surface area contributed by atoms with Gasteiger partial charge in [0.2, 0.25) is 0 Å². The van der Waals surface area contributed by atoms with Crippen LogP contribution in [-0.4, -0.2) is 53.9 Å². The zero-order chi connectivity index (χ0) is 17.2. The number of nitrogens with one attached hydrogen (secondary N) is 1. The number of likely N-dealkylation sites (tertiary alicyclic amines) is 1. The molecule has 7 nitrogen and oxygen atoms in total. The lowest BCUT2D eigenvalue weighted by atomic mass is 10.2. The average molecular weight is 335 g/mol. The lowest BCUT2D eigenvalue weighted by Crippen LogP contribution is -2.38. The molecule has 2 aliphatic rings. The minimum absolute atomic E-state index is 0.243. The summed E-state index contributed by atoms with van der Waals surface area (Å²) in [5.41, 5.74) is 0.438. The summed E-state index contributed by atoms with van der Waals surface area (Å²) in [5.74, 6) is 1.44. The first-order valence-corrected chi connectivity index (χ1v) is 8.36. The standard InChI is InChI=1S/C17H25N3O4/c1-17(2,3)24-16(21)20-5-4-12(11-20)18-9-13-8-14-15(10-19-13)23-7-6-22-14/h8,10,12,18H,4-7,9,11H2,1-3H3/t12-/m0/s1. The lowest BCUT2D eigenvalue weighted by Gasteiger charge is -2.24. The van der Waals surface area contributed by atoms with Crippen molar-refractivity contribution in [3.63, 3.8) is 0 Å². The molecule has 7 heteroatoms. The van der Waals surface area contributed by atoms with Crippen LogP contribution >= 0.6 is 0 Å². The van der Waals surface area contributed by atoms with Crippen LogP contribution in [0, 0.1) is 0 Å². The van der Waals surface area contributed by atoms with Crippen LogP contribution in [0.15, 0.2) is 12.3 Å². The van der Waals surface area contributed by atoms with E-state index in [1.165, 1.54) is 0 Å². The normalized spacial score (nSPS) is 20.1. The van der Waals surface area contributed by atoms with Crippen molar-refractivity contribution in [3.8, 4) is 11.5 Å². The van der Waals surface area contributed by atoms with Crippen molar-refractivity contribution in [2.45, 2.75) is 45.4 Å². The molecule has 1 N–H and O–H groups in total. The zero-order valence-corrected chi connectivity index (χ0v) is 14.5. The Labute approximate surface area is 142 Å². The van der Waals surface area contributed by atoms with E-state index in [1.807, 2.05) is 26.8 Å². The molecule has 1 fully saturated rings. The molecule has 1 aromatic heterocycles. The van der Waals surface area contributed by atoms with E-state index in [-0.39, 0.29) is 12.1 Å². The van der Waals surface area contributed by atoms with E-state index in [0.29, 0.717) is 38.6 Å². The van der Waals surface area contributed by atoms with Gasteiger partial charge in [0.15, 0.2) is 11.5 Å². The number of nitrogens with zero attached hydrogens (tertiary/aromatic N) is 2. The largest absolute Gasteiger partial charge is 0.486 e. The van der Waals surface area contributed by atoms with Gasteiger partial charge in [-0.3, -0.25) is 4.98 Å². The van der Waals surface area contributed by atoms with Gasteiger partial charge in [0.05, 0.1) is 11.9 Å². The van der Waals surface area contributed by atoms with Crippen LogP contribution in [0.5, 0.6) is 11.5 Å². The molecule has 0 saturated carbocycles. The fourth-order valence-electron chi connectivity index (χ4n) is 2.75. The molecule has 132 valence electrons. The maximum atomic E-state index is 12.1. The highest BCUT2D eigenvalue weighted by Gasteiger charge is 2.29. The molecule has 3 heterocycles. The molecule has 3 rings (SSSR count). The molecule has 1 atom stereocenters. The zero-order valence-electron chi connectivity index (χ0n) is 14.5. The quantitative estimate of drug-likeness (QED) is 0.910. The highest BCUT2D eigenvalue weighted by Crippen LogP contribution is 2.29. The summed E-state index contributed by atoms with van der Waals surface area (Å²) >= 11 is 0. The summed E-state index contributed by atoms with van der Waals surface area (Å²) in [4.78, 5) is 18.2. The van der Waals surface area contributed by atoms with E-state index in [4.69, 9.17) is 14.2 Å². The fraction of sp³-hybridized carbons (Fsp3) is 0.647. The summed E-state index contributed by atoms with van der Waals surface area (Å²) in [6.07, 6.45) is 2.36. The maximum Gasteiger partial charge on any atom is 0.410 e. The van der Waals surface area contributed by atoms with Gasteiger partial charge >= 0.3 is 6.09 Å². The van der Waals surface area contributed by atoms with Gasteiger partial charge in [-0.1, -0.05) is 0 Å². The van der Waals surface area contributed by atoms with Crippen molar-refractivity contribution < 1.29 is 19.0 Å². The molecule has 0 spiro atoms. The smallest absolute Gasteiger partial charge is 0.410 e. The van der Waals surface area contributed by atoms with Crippen LogP contribution in [0.2, 0.25) is 0 Å². The highest BCUT2D eigenvalue weighted by molar-refractivity contribution is 5.68. The third-order valence-corrected chi connectivity index (χ3v) is 3.90.